The fraction of sp³-hybridized carbons (Fsp3) is 0.444. The highest BCUT2D eigenvalue weighted by atomic mass is 35.5. The Morgan fingerprint density at radius 3 is 2.71 bits per heavy atom. The lowest BCUT2D eigenvalue weighted by Crippen LogP contribution is -2.50. The maximum absolute atomic E-state index is 11.9. The number of piperazine rings is 1. The maximum atomic E-state index is 11.9. The number of hydrogen-bond acceptors (Lipinski definition) is 4. The van der Waals surface area contributed by atoms with E-state index in [1.54, 1.807) is 0 Å². The minimum atomic E-state index is 0.151. The summed E-state index contributed by atoms with van der Waals surface area (Å²) in [7, 11) is 0. The van der Waals surface area contributed by atoms with Crippen LogP contribution in [0.3, 0.4) is 0 Å². The van der Waals surface area contributed by atoms with Crippen molar-refractivity contribution in [2.24, 2.45) is 0 Å². The van der Waals surface area contributed by atoms with E-state index in [2.05, 4.69) is 32.2 Å². The number of amides is 1. The Morgan fingerprint density at radius 2 is 1.96 bits per heavy atom. The summed E-state index contributed by atoms with van der Waals surface area (Å²) < 4.78 is 0. The fourth-order valence-corrected chi connectivity index (χ4v) is 3.40. The first-order valence-electron chi connectivity index (χ1n) is 8.51. The molecule has 0 bridgehead atoms. The summed E-state index contributed by atoms with van der Waals surface area (Å²) in [5, 5.41) is 5.69. The molecule has 0 atom stereocenters. The van der Waals surface area contributed by atoms with Gasteiger partial charge in [-0.05, 0) is 24.3 Å². The second-order valence-corrected chi connectivity index (χ2v) is 6.96. The zero-order valence-electron chi connectivity index (χ0n) is 13.5. The third-order valence-electron chi connectivity index (χ3n) is 4.69. The van der Waals surface area contributed by atoms with Crippen molar-refractivity contribution >= 4 is 34.1 Å². The van der Waals surface area contributed by atoms with Gasteiger partial charge in [-0.15, -0.1) is 0 Å². The van der Waals surface area contributed by atoms with Gasteiger partial charge in [0.1, 0.15) is 11.0 Å². The highest BCUT2D eigenvalue weighted by molar-refractivity contribution is 6.34. The number of hydrogen-bond donors (Lipinski definition) is 1. The van der Waals surface area contributed by atoms with Gasteiger partial charge in [0, 0.05) is 37.6 Å². The molecule has 2 aliphatic rings. The number of carbonyl (C=O) groups excluding carboxylic acids is 1. The molecule has 1 aromatic heterocycles. The number of aromatic nitrogens is 1. The van der Waals surface area contributed by atoms with Crippen molar-refractivity contribution in [3.8, 4) is 0 Å². The average Bonchev–Trinajstić information content (AvgIpc) is 3.39. The van der Waals surface area contributed by atoms with Crippen LogP contribution in [0.25, 0.3) is 10.8 Å². The van der Waals surface area contributed by atoms with Crippen LogP contribution in [0.4, 0.5) is 5.82 Å². The van der Waals surface area contributed by atoms with E-state index in [0.717, 1.165) is 55.6 Å². The van der Waals surface area contributed by atoms with E-state index in [-0.39, 0.29) is 5.91 Å². The van der Waals surface area contributed by atoms with E-state index in [1.807, 2.05) is 18.2 Å². The van der Waals surface area contributed by atoms with Gasteiger partial charge in [0.15, 0.2) is 0 Å². The molecule has 24 heavy (non-hydrogen) atoms. The van der Waals surface area contributed by atoms with Crippen LogP contribution in [0, 0.1) is 0 Å². The molecule has 2 fully saturated rings. The molecule has 1 aromatic carbocycles. The molecule has 1 amide bonds. The van der Waals surface area contributed by atoms with Crippen molar-refractivity contribution < 1.29 is 4.79 Å². The second kappa shape index (κ2) is 6.57. The predicted molar refractivity (Wildman–Crippen MR) is 96.6 cm³/mol. The summed E-state index contributed by atoms with van der Waals surface area (Å²) in [6, 6.07) is 10.6. The molecule has 1 N–H and O–H groups in total. The quantitative estimate of drug-likeness (QED) is 0.865. The lowest BCUT2D eigenvalue weighted by atomic mass is 10.1. The minimum Gasteiger partial charge on any atom is -0.354 e. The number of rotatable bonds is 4. The molecular formula is C18H21ClN4O. The number of benzene rings is 1. The van der Waals surface area contributed by atoms with E-state index < -0.39 is 0 Å². The molecule has 126 valence electrons. The molecular weight excluding hydrogens is 324 g/mol. The van der Waals surface area contributed by atoms with Gasteiger partial charge in [-0.3, -0.25) is 9.69 Å². The van der Waals surface area contributed by atoms with Crippen molar-refractivity contribution in [1.82, 2.24) is 15.2 Å². The van der Waals surface area contributed by atoms with Crippen LogP contribution in [0.1, 0.15) is 12.8 Å². The first kappa shape index (κ1) is 15.7. The zero-order valence-corrected chi connectivity index (χ0v) is 14.3. The van der Waals surface area contributed by atoms with Crippen LogP contribution in [0.2, 0.25) is 5.15 Å². The van der Waals surface area contributed by atoms with Gasteiger partial charge < -0.3 is 10.2 Å². The zero-order chi connectivity index (χ0) is 16.5. The topological polar surface area (TPSA) is 48.5 Å². The average molecular weight is 345 g/mol. The largest absolute Gasteiger partial charge is 0.354 e. The van der Waals surface area contributed by atoms with Crippen LogP contribution in [-0.4, -0.2) is 54.6 Å². The lowest BCUT2D eigenvalue weighted by molar-refractivity contribution is -0.122. The van der Waals surface area contributed by atoms with Crippen molar-refractivity contribution in [3.05, 3.63) is 35.5 Å². The maximum Gasteiger partial charge on any atom is 0.234 e. The Balaban J connectivity index is 1.39. The van der Waals surface area contributed by atoms with E-state index in [1.165, 1.54) is 0 Å². The number of halogens is 1. The molecule has 1 aliphatic heterocycles. The Morgan fingerprint density at radius 1 is 1.21 bits per heavy atom. The fourth-order valence-electron chi connectivity index (χ4n) is 3.14. The van der Waals surface area contributed by atoms with Crippen LogP contribution in [0.5, 0.6) is 0 Å². The first-order chi connectivity index (χ1) is 11.7. The molecule has 4 rings (SSSR count). The molecule has 0 radical (unpaired) electrons. The number of pyridine rings is 1. The van der Waals surface area contributed by atoms with Crippen molar-refractivity contribution in [1.29, 1.82) is 0 Å². The highest BCUT2D eigenvalue weighted by Gasteiger charge is 2.25. The summed E-state index contributed by atoms with van der Waals surface area (Å²) in [5.74, 6) is 1.07. The van der Waals surface area contributed by atoms with Crippen LogP contribution < -0.4 is 10.2 Å². The molecule has 0 unspecified atom stereocenters. The van der Waals surface area contributed by atoms with E-state index in [4.69, 9.17) is 11.6 Å². The van der Waals surface area contributed by atoms with Gasteiger partial charge in [0.2, 0.25) is 5.91 Å². The van der Waals surface area contributed by atoms with E-state index in [0.29, 0.717) is 17.7 Å². The van der Waals surface area contributed by atoms with Crippen molar-refractivity contribution in [3.63, 3.8) is 0 Å². The molecule has 2 aromatic rings. The molecule has 0 spiro atoms. The summed E-state index contributed by atoms with van der Waals surface area (Å²) >= 11 is 6.33. The molecule has 1 saturated heterocycles. The first-order valence-corrected chi connectivity index (χ1v) is 8.89. The number of carbonyl (C=O) groups is 1. The van der Waals surface area contributed by atoms with Crippen LogP contribution in [-0.2, 0) is 4.79 Å². The Labute approximate surface area is 146 Å². The Kier molecular flexibility index (Phi) is 4.29. The predicted octanol–water partition coefficient (Wildman–Crippen LogP) is 2.29. The monoisotopic (exact) mass is 344 g/mol. The Bertz CT molecular complexity index is 754. The molecule has 1 aliphatic carbocycles. The number of nitrogens with zero attached hydrogens (tertiary/aromatic N) is 3. The van der Waals surface area contributed by atoms with Gasteiger partial charge in [-0.1, -0.05) is 35.9 Å². The van der Waals surface area contributed by atoms with Crippen LogP contribution in [0.15, 0.2) is 30.3 Å². The van der Waals surface area contributed by atoms with Gasteiger partial charge in [-0.2, -0.15) is 0 Å². The Hall–Kier alpha value is -1.85. The third kappa shape index (κ3) is 3.47. The minimum absolute atomic E-state index is 0.151. The van der Waals surface area contributed by atoms with Gasteiger partial charge in [0.05, 0.1) is 6.54 Å². The summed E-state index contributed by atoms with van der Waals surface area (Å²) in [6.45, 7) is 3.95. The second-order valence-electron chi connectivity index (χ2n) is 6.60. The molecule has 5 nitrogen and oxygen atoms in total. The van der Waals surface area contributed by atoms with Crippen molar-refractivity contribution in [2.45, 2.75) is 18.9 Å². The summed E-state index contributed by atoms with van der Waals surface area (Å²) in [4.78, 5) is 20.9. The third-order valence-corrected chi connectivity index (χ3v) is 4.97. The molecule has 6 heteroatoms. The highest BCUT2D eigenvalue weighted by Crippen LogP contribution is 2.26. The van der Waals surface area contributed by atoms with Gasteiger partial charge in [0.25, 0.3) is 0 Å². The standard InChI is InChI=1S/C18H21ClN4O/c19-18-15-4-2-1-3-13(15)11-16(21-18)23-9-7-22(8-10-23)12-17(24)20-14-5-6-14/h1-4,11,14H,5-10,12H2,(H,20,24). The van der Waals surface area contributed by atoms with E-state index in [9.17, 15) is 4.79 Å². The molecule has 1 saturated carbocycles. The molecule has 2 heterocycles. The van der Waals surface area contributed by atoms with E-state index >= 15 is 0 Å². The summed E-state index contributed by atoms with van der Waals surface area (Å²) in [6.07, 6.45) is 2.27. The summed E-state index contributed by atoms with van der Waals surface area (Å²) in [5.41, 5.74) is 0. The number of nitrogens with one attached hydrogen (secondary N) is 1. The lowest BCUT2D eigenvalue weighted by Gasteiger charge is -2.35. The smallest absolute Gasteiger partial charge is 0.234 e. The SMILES string of the molecule is O=C(CN1CCN(c2cc3ccccc3c(Cl)n2)CC1)NC1CC1. The number of fused-ring (bicyclic) bond motifs is 1. The van der Waals surface area contributed by atoms with Gasteiger partial charge in [-0.25, -0.2) is 4.98 Å². The normalized spacial score (nSPS) is 18.8. The number of anilines is 1. The van der Waals surface area contributed by atoms with Crippen molar-refractivity contribution in [2.75, 3.05) is 37.6 Å². The van der Waals surface area contributed by atoms with Gasteiger partial charge >= 0.3 is 0 Å². The van der Waals surface area contributed by atoms with Crippen LogP contribution >= 0.6 is 11.6 Å².